The van der Waals surface area contributed by atoms with Crippen molar-refractivity contribution in [3.05, 3.63) is 6.07 Å². The first-order chi connectivity index (χ1) is 7.69. The first-order valence-corrected chi connectivity index (χ1v) is 4.92. The molecule has 1 N–H and O–H groups in total. The van der Waals surface area contributed by atoms with Gasteiger partial charge in [0.2, 0.25) is 17.7 Å². The zero-order valence-electron chi connectivity index (χ0n) is 9.98. The highest BCUT2D eigenvalue weighted by Gasteiger charge is 2.08. The smallest absolute Gasteiger partial charge is 0.229 e. The molecule has 1 heterocycles. The van der Waals surface area contributed by atoms with Gasteiger partial charge in [-0.05, 0) is 6.92 Å². The molecular weight excluding hydrogens is 210 g/mol. The van der Waals surface area contributed by atoms with Crippen LogP contribution >= 0.6 is 0 Å². The topological polar surface area (TPSA) is 65.5 Å². The Morgan fingerprint density at radius 3 is 2.19 bits per heavy atom. The predicted molar refractivity (Wildman–Crippen MR) is 60.1 cm³/mol. The molecule has 1 aromatic heterocycles. The molecule has 16 heavy (non-hydrogen) atoms. The summed E-state index contributed by atoms with van der Waals surface area (Å²) in [5.74, 6) is 1.37. The highest BCUT2D eigenvalue weighted by atomic mass is 16.5. The van der Waals surface area contributed by atoms with Crippen molar-refractivity contribution in [2.24, 2.45) is 0 Å². The Bertz CT molecular complexity index is 311. The van der Waals surface area contributed by atoms with Crippen LogP contribution in [0.25, 0.3) is 0 Å². The largest absolute Gasteiger partial charge is 0.481 e. The first-order valence-electron chi connectivity index (χ1n) is 4.92. The number of nitrogens with one attached hydrogen (secondary N) is 1. The molecule has 6 nitrogen and oxygen atoms in total. The maximum absolute atomic E-state index is 5.04. The predicted octanol–water partition coefficient (Wildman–Crippen LogP) is 0.941. The number of ether oxygens (including phenoxy) is 3. The minimum absolute atomic E-state index is 0.113. The quantitative estimate of drug-likeness (QED) is 0.780. The molecule has 0 radical (unpaired) electrons. The van der Waals surface area contributed by atoms with Gasteiger partial charge in [-0.3, -0.25) is 0 Å². The van der Waals surface area contributed by atoms with Gasteiger partial charge < -0.3 is 19.5 Å². The normalized spacial score (nSPS) is 12.0. The number of rotatable bonds is 6. The summed E-state index contributed by atoms with van der Waals surface area (Å²) in [5.41, 5.74) is 0. The molecule has 6 heteroatoms. The van der Waals surface area contributed by atoms with Crippen LogP contribution in [0.2, 0.25) is 0 Å². The number of anilines is 1. The Morgan fingerprint density at radius 1 is 1.19 bits per heavy atom. The van der Waals surface area contributed by atoms with E-state index in [2.05, 4.69) is 15.3 Å². The molecule has 0 amide bonds. The van der Waals surface area contributed by atoms with Gasteiger partial charge in [0.1, 0.15) is 0 Å². The van der Waals surface area contributed by atoms with Crippen LogP contribution < -0.4 is 14.8 Å². The van der Waals surface area contributed by atoms with Crippen LogP contribution in [0, 0.1) is 0 Å². The summed E-state index contributed by atoms with van der Waals surface area (Å²) in [6.07, 6.45) is 0. The molecule has 1 aromatic rings. The Labute approximate surface area is 95.0 Å². The van der Waals surface area contributed by atoms with E-state index in [1.807, 2.05) is 6.92 Å². The van der Waals surface area contributed by atoms with E-state index >= 15 is 0 Å². The molecule has 0 saturated carbocycles. The Morgan fingerprint density at radius 2 is 1.75 bits per heavy atom. The second-order valence-electron chi connectivity index (χ2n) is 3.28. The summed E-state index contributed by atoms with van der Waals surface area (Å²) in [4.78, 5) is 8.28. The SMILES string of the molecule is COCC(C)Nc1nc(OC)cc(OC)n1. The van der Waals surface area contributed by atoms with Gasteiger partial charge >= 0.3 is 0 Å². The van der Waals surface area contributed by atoms with E-state index in [0.717, 1.165) is 0 Å². The average Bonchev–Trinajstić information content (AvgIpc) is 2.28. The van der Waals surface area contributed by atoms with Crippen LogP contribution in [-0.4, -0.2) is 43.9 Å². The first kappa shape index (κ1) is 12.5. The number of hydrogen-bond donors (Lipinski definition) is 1. The van der Waals surface area contributed by atoms with Gasteiger partial charge in [0, 0.05) is 13.2 Å². The minimum atomic E-state index is 0.113. The zero-order chi connectivity index (χ0) is 12.0. The fourth-order valence-corrected chi connectivity index (χ4v) is 1.19. The van der Waals surface area contributed by atoms with Crippen molar-refractivity contribution in [2.45, 2.75) is 13.0 Å². The Kier molecular flexibility index (Phi) is 4.78. The van der Waals surface area contributed by atoms with Crippen LogP contribution in [-0.2, 0) is 4.74 Å². The third kappa shape index (κ3) is 3.54. The molecule has 0 bridgehead atoms. The second-order valence-corrected chi connectivity index (χ2v) is 3.28. The summed E-state index contributed by atoms with van der Waals surface area (Å²) in [7, 11) is 4.74. The molecule has 1 rings (SSSR count). The number of hydrogen-bond acceptors (Lipinski definition) is 6. The van der Waals surface area contributed by atoms with Crippen molar-refractivity contribution in [1.82, 2.24) is 9.97 Å². The van der Waals surface area contributed by atoms with Crippen molar-refractivity contribution in [3.63, 3.8) is 0 Å². The van der Waals surface area contributed by atoms with E-state index < -0.39 is 0 Å². The van der Waals surface area contributed by atoms with Gasteiger partial charge in [-0.2, -0.15) is 9.97 Å². The monoisotopic (exact) mass is 227 g/mol. The molecule has 1 atom stereocenters. The number of aromatic nitrogens is 2. The molecule has 0 aliphatic carbocycles. The molecule has 0 aliphatic heterocycles. The fourth-order valence-electron chi connectivity index (χ4n) is 1.19. The highest BCUT2D eigenvalue weighted by molar-refractivity contribution is 5.34. The van der Waals surface area contributed by atoms with Gasteiger partial charge in [0.25, 0.3) is 0 Å². The van der Waals surface area contributed by atoms with Gasteiger partial charge in [-0.25, -0.2) is 0 Å². The summed E-state index contributed by atoms with van der Waals surface area (Å²) in [6.45, 7) is 2.54. The third-order valence-electron chi connectivity index (χ3n) is 1.89. The lowest BCUT2D eigenvalue weighted by Crippen LogP contribution is -2.22. The Hall–Kier alpha value is -1.56. The molecule has 90 valence electrons. The molecule has 0 spiro atoms. The standard InChI is InChI=1S/C10H17N3O3/c1-7(6-14-2)11-10-12-8(15-3)5-9(13-10)16-4/h5,7H,6H2,1-4H3,(H,11,12,13). The third-order valence-corrected chi connectivity index (χ3v) is 1.89. The molecule has 0 aliphatic rings. The van der Waals surface area contributed by atoms with E-state index in [1.54, 1.807) is 27.4 Å². The molecule has 0 fully saturated rings. The maximum Gasteiger partial charge on any atom is 0.229 e. The number of methoxy groups -OCH3 is 3. The van der Waals surface area contributed by atoms with Crippen LogP contribution in [0.15, 0.2) is 6.07 Å². The molecule has 0 saturated heterocycles. The van der Waals surface area contributed by atoms with Crippen molar-refractivity contribution in [3.8, 4) is 11.8 Å². The van der Waals surface area contributed by atoms with E-state index in [-0.39, 0.29) is 6.04 Å². The average molecular weight is 227 g/mol. The molecule has 0 aromatic carbocycles. The number of nitrogens with zero attached hydrogens (tertiary/aromatic N) is 2. The lowest BCUT2D eigenvalue weighted by Gasteiger charge is -2.13. The van der Waals surface area contributed by atoms with Crippen molar-refractivity contribution >= 4 is 5.95 Å². The Balaban J connectivity index is 2.78. The van der Waals surface area contributed by atoms with Crippen molar-refractivity contribution in [1.29, 1.82) is 0 Å². The van der Waals surface area contributed by atoms with Gasteiger partial charge in [0.05, 0.1) is 26.9 Å². The van der Waals surface area contributed by atoms with Crippen molar-refractivity contribution < 1.29 is 14.2 Å². The maximum atomic E-state index is 5.04. The minimum Gasteiger partial charge on any atom is -0.481 e. The molecule has 1 unspecified atom stereocenters. The van der Waals surface area contributed by atoms with Gasteiger partial charge in [0.15, 0.2) is 0 Å². The summed E-state index contributed by atoms with van der Waals surface area (Å²) >= 11 is 0. The molecular formula is C10H17N3O3. The van der Waals surface area contributed by atoms with Crippen LogP contribution in [0.3, 0.4) is 0 Å². The van der Waals surface area contributed by atoms with Crippen molar-refractivity contribution in [2.75, 3.05) is 33.3 Å². The van der Waals surface area contributed by atoms with Crippen LogP contribution in [0.4, 0.5) is 5.95 Å². The summed E-state index contributed by atoms with van der Waals surface area (Å²) < 4.78 is 15.1. The highest BCUT2D eigenvalue weighted by Crippen LogP contribution is 2.17. The second kappa shape index (κ2) is 6.12. The van der Waals surface area contributed by atoms with Gasteiger partial charge in [-0.1, -0.05) is 0 Å². The van der Waals surface area contributed by atoms with E-state index in [4.69, 9.17) is 14.2 Å². The zero-order valence-corrected chi connectivity index (χ0v) is 9.98. The lowest BCUT2D eigenvalue weighted by molar-refractivity contribution is 0.190. The van der Waals surface area contributed by atoms with E-state index in [0.29, 0.717) is 24.3 Å². The van der Waals surface area contributed by atoms with Crippen LogP contribution in [0.1, 0.15) is 6.92 Å². The lowest BCUT2D eigenvalue weighted by atomic mass is 10.4. The van der Waals surface area contributed by atoms with E-state index in [9.17, 15) is 0 Å². The summed E-state index contributed by atoms with van der Waals surface area (Å²) in [6, 6.07) is 1.73. The van der Waals surface area contributed by atoms with Gasteiger partial charge in [-0.15, -0.1) is 0 Å². The fraction of sp³-hybridized carbons (Fsp3) is 0.600. The van der Waals surface area contributed by atoms with E-state index in [1.165, 1.54) is 0 Å². The van der Waals surface area contributed by atoms with Crippen LogP contribution in [0.5, 0.6) is 11.8 Å². The summed E-state index contributed by atoms with van der Waals surface area (Å²) in [5, 5.41) is 3.08.